The fourth-order valence-corrected chi connectivity index (χ4v) is 4.90. The number of aromatic nitrogens is 2. The molecule has 0 N–H and O–H groups in total. The van der Waals surface area contributed by atoms with Crippen LogP contribution in [-0.4, -0.2) is 24.2 Å². The maximum Gasteiger partial charge on any atom is 0.175 e. The first-order chi connectivity index (χ1) is 13.1. The van der Waals surface area contributed by atoms with Gasteiger partial charge < -0.3 is 4.57 Å². The summed E-state index contributed by atoms with van der Waals surface area (Å²) in [4.78, 5) is 5.14. The third-order valence-electron chi connectivity index (χ3n) is 5.79. The van der Waals surface area contributed by atoms with Gasteiger partial charge in [-0.1, -0.05) is 38.1 Å². The molecule has 2 aromatic carbocycles. The molecular formula is C22H23FN2O2S. The van der Waals surface area contributed by atoms with Crippen LogP contribution >= 0.6 is 0 Å². The fraction of sp³-hybridized carbons (Fsp3) is 0.318. The van der Waals surface area contributed by atoms with Gasteiger partial charge >= 0.3 is 0 Å². The predicted octanol–water partition coefficient (Wildman–Crippen LogP) is 4.54. The van der Waals surface area contributed by atoms with Crippen molar-refractivity contribution in [3.63, 3.8) is 0 Å². The van der Waals surface area contributed by atoms with Crippen molar-refractivity contribution in [2.45, 2.75) is 30.6 Å². The van der Waals surface area contributed by atoms with Crippen LogP contribution in [0.15, 0.2) is 59.6 Å². The molecule has 0 amide bonds. The van der Waals surface area contributed by atoms with Crippen molar-refractivity contribution < 1.29 is 12.8 Å². The highest BCUT2D eigenvalue weighted by Gasteiger charge is 2.60. The molecule has 1 aromatic heterocycles. The predicted molar refractivity (Wildman–Crippen MR) is 107 cm³/mol. The standard InChI is InChI=1S/C22H23FN2O2S/c1-22(2)19(14-8-10-17(11-9-14)28(4,26)27)20(22)18-13-25(3)21(24-18)15-6-5-7-16(23)12-15/h5-13,19-20H,1-4H3/t19-,20-/m0/s1. The molecule has 6 heteroatoms. The Morgan fingerprint density at radius 2 is 1.75 bits per heavy atom. The highest BCUT2D eigenvalue weighted by molar-refractivity contribution is 7.90. The van der Waals surface area contributed by atoms with E-state index in [2.05, 4.69) is 13.8 Å². The van der Waals surface area contributed by atoms with E-state index < -0.39 is 9.84 Å². The highest BCUT2D eigenvalue weighted by Crippen LogP contribution is 2.69. The van der Waals surface area contributed by atoms with E-state index in [-0.39, 0.29) is 23.1 Å². The lowest BCUT2D eigenvalue weighted by Gasteiger charge is -2.04. The lowest BCUT2D eigenvalue weighted by Crippen LogP contribution is -1.97. The Morgan fingerprint density at radius 1 is 1.07 bits per heavy atom. The second-order valence-electron chi connectivity index (χ2n) is 8.23. The summed E-state index contributed by atoms with van der Waals surface area (Å²) < 4.78 is 38.9. The molecule has 0 bridgehead atoms. The lowest BCUT2D eigenvalue weighted by molar-refractivity contribution is 0.598. The van der Waals surface area contributed by atoms with Crippen molar-refractivity contribution in [1.29, 1.82) is 0 Å². The van der Waals surface area contributed by atoms with E-state index in [9.17, 15) is 12.8 Å². The molecule has 1 saturated carbocycles. The van der Waals surface area contributed by atoms with Crippen LogP contribution in [0.2, 0.25) is 0 Å². The van der Waals surface area contributed by atoms with Gasteiger partial charge in [-0.3, -0.25) is 0 Å². The number of halogens is 1. The molecule has 1 aliphatic rings. The molecule has 0 spiro atoms. The van der Waals surface area contributed by atoms with Gasteiger partial charge in [0.1, 0.15) is 11.6 Å². The topological polar surface area (TPSA) is 52.0 Å². The third kappa shape index (κ3) is 3.15. The first-order valence-corrected chi connectivity index (χ1v) is 11.1. The minimum absolute atomic E-state index is 0.0141. The molecule has 1 heterocycles. The SMILES string of the molecule is Cn1cc([C@H]2[C@H](c3ccc(S(C)(=O)=O)cc3)C2(C)C)nc1-c1cccc(F)c1. The van der Waals surface area contributed by atoms with E-state index in [4.69, 9.17) is 4.98 Å². The van der Waals surface area contributed by atoms with Crippen molar-refractivity contribution in [2.24, 2.45) is 12.5 Å². The summed E-state index contributed by atoms with van der Waals surface area (Å²) in [6.07, 6.45) is 3.23. The van der Waals surface area contributed by atoms with Gasteiger partial charge in [-0.15, -0.1) is 0 Å². The molecule has 146 valence electrons. The maximum atomic E-state index is 13.6. The van der Waals surface area contributed by atoms with Gasteiger partial charge in [0.25, 0.3) is 0 Å². The van der Waals surface area contributed by atoms with Crippen LogP contribution in [-0.2, 0) is 16.9 Å². The van der Waals surface area contributed by atoms with Crippen LogP contribution in [0, 0.1) is 11.2 Å². The second-order valence-corrected chi connectivity index (χ2v) is 10.2. The van der Waals surface area contributed by atoms with E-state index in [1.807, 2.05) is 36.0 Å². The Bertz CT molecular complexity index is 1150. The van der Waals surface area contributed by atoms with Crippen molar-refractivity contribution >= 4 is 9.84 Å². The number of aryl methyl sites for hydroxylation is 1. The monoisotopic (exact) mass is 398 g/mol. The lowest BCUT2D eigenvalue weighted by atomic mass is 10.0. The second kappa shape index (κ2) is 6.27. The number of hydrogen-bond acceptors (Lipinski definition) is 3. The van der Waals surface area contributed by atoms with E-state index in [0.29, 0.717) is 4.90 Å². The minimum atomic E-state index is -3.20. The highest BCUT2D eigenvalue weighted by atomic mass is 32.2. The van der Waals surface area contributed by atoms with Gasteiger partial charge in [-0.2, -0.15) is 0 Å². The van der Waals surface area contributed by atoms with Crippen LogP contribution in [0.5, 0.6) is 0 Å². The smallest absolute Gasteiger partial charge is 0.175 e. The van der Waals surface area contributed by atoms with Crippen LogP contribution in [0.4, 0.5) is 4.39 Å². The fourth-order valence-electron chi connectivity index (χ4n) is 4.27. The first-order valence-electron chi connectivity index (χ1n) is 9.18. The molecular weight excluding hydrogens is 375 g/mol. The number of nitrogens with zero attached hydrogens (tertiary/aromatic N) is 2. The molecule has 4 rings (SSSR count). The normalized spacial score (nSPS) is 20.9. The summed E-state index contributed by atoms with van der Waals surface area (Å²) in [5, 5.41) is 0. The average molecular weight is 399 g/mol. The Hall–Kier alpha value is -2.47. The molecule has 0 aliphatic heterocycles. The van der Waals surface area contributed by atoms with Gasteiger partial charge in [0, 0.05) is 31.0 Å². The Morgan fingerprint density at radius 3 is 2.36 bits per heavy atom. The minimum Gasteiger partial charge on any atom is -0.334 e. The van der Waals surface area contributed by atoms with Gasteiger partial charge in [0.15, 0.2) is 9.84 Å². The summed E-state index contributed by atoms with van der Waals surface area (Å²) in [5.41, 5.74) is 2.85. The van der Waals surface area contributed by atoms with Crippen molar-refractivity contribution in [1.82, 2.24) is 9.55 Å². The van der Waals surface area contributed by atoms with Crippen LogP contribution < -0.4 is 0 Å². The molecule has 4 nitrogen and oxygen atoms in total. The van der Waals surface area contributed by atoms with Crippen LogP contribution in [0.1, 0.15) is 36.9 Å². The summed E-state index contributed by atoms with van der Waals surface area (Å²) in [7, 11) is -1.28. The first kappa shape index (κ1) is 18.9. The molecule has 1 aliphatic carbocycles. The quantitative estimate of drug-likeness (QED) is 0.648. The summed E-state index contributed by atoms with van der Waals surface area (Å²) in [6, 6.07) is 13.6. The van der Waals surface area contributed by atoms with Gasteiger partial charge in [-0.05, 0) is 41.2 Å². The molecule has 3 aromatic rings. The number of imidazole rings is 1. The zero-order valence-electron chi connectivity index (χ0n) is 16.3. The molecule has 28 heavy (non-hydrogen) atoms. The zero-order chi connectivity index (χ0) is 20.3. The Balaban J connectivity index is 1.66. The number of rotatable bonds is 4. The number of sulfone groups is 1. The van der Waals surface area contributed by atoms with Crippen LogP contribution in [0.3, 0.4) is 0 Å². The third-order valence-corrected chi connectivity index (χ3v) is 6.92. The molecule has 0 radical (unpaired) electrons. The average Bonchev–Trinajstić information content (AvgIpc) is 2.99. The van der Waals surface area contributed by atoms with Gasteiger partial charge in [0.05, 0.1) is 10.6 Å². The van der Waals surface area contributed by atoms with Gasteiger partial charge in [-0.25, -0.2) is 17.8 Å². The summed E-state index contributed by atoms with van der Waals surface area (Å²) in [6.45, 7) is 4.40. The number of hydrogen-bond donors (Lipinski definition) is 0. The summed E-state index contributed by atoms with van der Waals surface area (Å²) in [5.74, 6) is 0.947. The largest absolute Gasteiger partial charge is 0.334 e. The molecule has 0 unspecified atom stereocenters. The van der Waals surface area contributed by atoms with E-state index in [0.717, 1.165) is 22.6 Å². The Kier molecular flexibility index (Phi) is 4.23. The molecule has 1 fully saturated rings. The van der Waals surface area contributed by atoms with Crippen LogP contribution in [0.25, 0.3) is 11.4 Å². The van der Waals surface area contributed by atoms with Crippen molar-refractivity contribution in [3.05, 3.63) is 71.8 Å². The van der Waals surface area contributed by atoms with E-state index >= 15 is 0 Å². The molecule has 0 saturated heterocycles. The van der Waals surface area contributed by atoms with Gasteiger partial charge in [0.2, 0.25) is 0 Å². The maximum absolute atomic E-state index is 13.6. The Labute approximate surface area is 165 Å². The van der Waals surface area contributed by atoms with Crippen molar-refractivity contribution in [3.8, 4) is 11.4 Å². The number of benzene rings is 2. The zero-order valence-corrected chi connectivity index (χ0v) is 17.2. The van der Waals surface area contributed by atoms with E-state index in [1.54, 1.807) is 18.2 Å². The molecule has 2 atom stereocenters. The van der Waals surface area contributed by atoms with Crippen molar-refractivity contribution in [2.75, 3.05) is 6.26 Å². The summed E-state index contributed by atoms with van der Waals surface area (Å²) >= 11 is 0. The van der Waals surface area contributed by atoms with E-state index in [1.165, 1.54) is 18.4 Å².